The summed E-state index contributed by atoms with van der Waals surface area (Å²) in [5.74, 6) is 0.0427. The number of hydrogen-bond donors (Lipinski definition) is 0. The number of carbonyl (C=O) groups is 1. The lowest BCUT2D eigenvalue weighted by molar-refractivity contribution is -0.0330. The van der Waals surface area contributed by atoms with E-state index >= 15 is 0 Å². The van der Waals surface area contributed by atoms with E-state index in [1.165, 1.54) is 0 Å². The van der Waals surface area contributed by atoms with Crippen LogP contribution in [0.3, 0.4) is 0 Å². The SMILES string of the molecule is O=C(c1cc(Cl)nc(Cl)c1)C1CC(OCc2ccccc2)C1. The van der Waals surface area contributed by atoms with Gasteiger partial charge in [-0.1, -0.05) is 53.5 Å². The maximum Gasteiger partial charge on any atom is 0.166 e. The normalized spacial score (nSPS) is 20.5. The Morgan fingerprint density at radius 3 is 2.41 bits per heavy atom. The Morgan fingerprint density at radius 1 is 1.14 bits per heavy atom. The van der Waals surface area contributed by atoms with Gasteiger partial charge in [0.1, 0.15) is 10.3 Å². The summed E-state index contributed by atoms with van der Waals surface area (Å²) in [4.78, 5) is 16.2. The first-order chi connectivity index (χ1) is 10.6. The maximum atomic E-state index is 12.4. The van der Waals surface area contributed by atoms with E-state index < -0.39 is 0 Å². The number of benzene rings is 1. The fraction of sp³-hybridized carbons (Fsp3) is 0.294. The molecule has 0 spiro atoms. The molecule has 0 N–H and O–H groups in total. The average Bonchev–Trinajstić information content (AvgIpc) is 2.45. The summed E-state index contributed by atoms with van der Waals surface area (Å²) in [5, 5.41) is 0.485. The molecule has 1 saturated carbocycles. The Hall–Kier alpha value is -1.42. The summed E-state index contributed by atoms with van der Waals surface area (Å²) in [7, 11) is 0. The van der Waals surface area contributed by atoms with E-state index in [9.17, 15) is 4.79 Å². The molecule has 0 amide bonds. The third-order valence-electron chi connectivity index (χ3n) is 3.84. The van der Waals surface area contributed by atoms with Gasteiger partial charge in [-0.2, -0.15) is 0 Å². The molecule has 0 unspecified atom stereocenters. The molecule has 0 bridgehead atoms. The molecule has 5 heteroatoms. The molecule has 0 aliphatic heterocycles. The molecule has 22 heavy (non-hydrogen) atoms. The Labute approximate surface area is 139 Å². The van der Waals surface area contributed by atoms with Crippen LogP contribution in [0.4, 0.5) is 0 Å². The molecule has 3 nitrogen and oxygen atoms in total. The molecular weight excluding hydrogens is 321 g/mol. The number of rotatable bonds is 5. The topological polar surface area (TPSA) is 39.2 Å². The lowest BCUT2D eigenvalue weighted by Crippen LogP contribution is -2.36. The third-order valence-corrected chi connectivity index (χ3v) is 4.23. The smallest absolute Gasteiger partial charge is 0.166 e. The standard InChI is InChI=1S/C17H15Cl2NO2/c18-15-8-13(9-16(19)20-15)17(21)12-6-14(7-12)22-10-11-4-2-1-3-5-11/h1-5,8-9,12,14H,6-7,10H2. The number of pyridine rings is 1. The summed E-state index contributed by atoms with van der Waals surface area (Å²) in [6.07, 6.45) is 1.62. The number of ether oxygens (including phenoxy) is 1. The van der Waals surface area contributed by atoms with Crippen LogP contribution in [0.5, 0.6) is 0 Å². The summed E-state index contributed by atoms with van der Waals surface area (Å²) >= 11 is 11.7. The first-order valence-electron chi connectivity index (χ1n) is 7.14. The highest BCUT2D eigenvalue weighted by molar-refractivity contribution is 6.33. The molecule has 0 radical (unpaired) electrons. The molecule has 1 aliphatic carbocycles. The van der Waals surface area contributed by atoms with Crippen molar-refractivity contribution >= 4 is 29.0 Å². The number of halogens is 2. The molecular formula is C17H15Cl2NO2. The minimum atomic E-state index is -0.0182. The van der Waals surface area contributed by atoms with Gasteiger partial charge in [-0.05, 0) is 30.5 Å². The highest BCUT2D eigenvalue weighted by Crippen LogP contribution is 2.34. The quantitative estimate of drug-likeness (QED) is 0.593. The van der Waals surface area contributed by atoms with Crippen molar-refractivity contribution in [3.05, 3.63) is 63.9 Å². The number of ketones is 1. The second kappa shape index (κ2) is 6.78. The monoisotopic (exact) mass is 335 g/mol. The van der Waals surface area contributed by atoms with Crippen LogP contribution in [0.15, 0.2) is 42.5 Å². The summed E-state index contributed by atoms with van der Waals surface area (Å²) in [6.45, 7) is 0.583. The molecule has 1 heterocycles. The van der Waals surface area contributed by atoms with Crippen molar-refractivity contribution in [3.63, 3.8) is 0 Å². The van der Waals surface area contributed by atoms with Crippen LogP contribution in [0.25, 0.3) is 0 Å². The Morgan fingerprint density at radius 2 is 1.77 bits per heavy atom. The van der Waals surface area contributed by atoms with Gasteiger partial charge in [0.2, 0.25) is 0 Å². The lowest BCUT2D eigenvalue weighted by Gasteiger charge is -2.34. The van der Waals surface area contributed by atoms with Crippen LogP contribution < -0.4 is 0 Å². The molecule has 0 atom stereocenters. The van der Waals surface area contributed by atoms with Gasteiger partial charge in [0.05, 0.1) is 12.7 Å². The van der Waals surface area contributed by atoms with Gasteiger partial charge >= 0.3 is 0 Å². The molecule has 1 aliphatic rings. The third kappa shape index (κ3) is 3.67. The summed E-state index contributed by atoms with van der Waals surface area (Å²) in [5.41, 5.74) is 1.67. The molecule has 1 aromatic heterocycles. The zero-order valence-electron chi connectivity index (χ0n) is 11.8. The Kier molecular flexibility index (Phi) is 4.77. The molecule has 1 fully saturated rings. The van der Waals surface area contributed by atoms with Crippen molar-refractivity contribution in [2.45, 2.75) is 25.6 Å². The number of nitrogens with zero attached hydrogens (tertiary/aromatic N) is 1. The summed E-state index contributed by atoms with van der Waals surface area (Å²) < 4.78 is 5.81. The Bertz CT molecular complexity index is 649. The van der Waals surface area contributed by atoms with Crippen molar-refractivity contribution in [3.8, 4) is 0 Å². The van der Waals surface area contributed by atoms with Crippen LogP contribution in [0, 0.1) is 5.92 Å². The molecule has 3 rings (SSSR count). The van der Waals surface area contributed by atoms with Crippen molar-refractivity contribution in [2.24, 2.45) is 5.92 Å². The zero-order valence-corrected chi connectivity index (χ0v) is 13.3. The van der Waals surface area contributed by atoms with E-state index in [0.717, 1.165) is 18.4 Å². The van der Waals surface area contributed by atoms with E-state index in [1.54, 1.807) is 12.1 Å². The number of aromatic nitrogens is 1. The zero-order chi connectivity index (χ0) is 15.5. The number of carbonyl (C=O) groups excluding carboxylic acids is 1. The molecule has 2 aromatic rings. The van der Waals surface area contributed by atoms with Gasteiger partial charge in [0.25, 0.3) is 0 Å². The first-order valence-corrected chi connectivity index (χ1v) is 7.90. The van der Waals surface area contributed by atoms with Gasteiger partial charge in [0.15, 0.2) is 5.78 Å². The van der Waals surface area contributed by atoms with Crippen molar-refractivity contribution in [1.29, 1.82) is 0 Å². The maximum absolute atomic E-state index is 12.4. The van der Waals surface area contributed by atoms with E-state index in [4.69, 9.17) is 27.9 Å². The van der Waals surface area contributed by atoms with Crippen LogP contribution >= 0.6 is 23.2 Å². The second-order valence-corrected chi connectivity index (χ2v) is 6.23. The highest BCUT2D eigenvalue weighted by atomic mass is 35.5. The minimum Gasteiger partial charge on any atom is -0.373 e. The van der Waals surface area contributed by atoms with E-state index in [1.807, 2.05) is 30.3 Å². The van der Waals surface area contributed by atoms with Crippen LogP contribution in [0.2, 0.25) is 10.3 Å². The molecule has 114 valence electrons. The van der Waals surface area contributed by atoms with Gasteiger partial charge in [-0.3, -0.25) is 4.79 Å². The Balaban J connectivity index is 1.51. The second-order valence-electron chi connectivity index (χ2n) is 5.45. The summed E-state index contributed by atoms with van der Waals surface area (Å²) in [6, 6.07) is 13.1. The van der Waals surface area contributed by atoms with Gasteiger partial charge < -0.3 is 4.74 Å². The van der Waals surface area contributed by atoms with E-state index in [-0.39, 0.29) is 28.1 Å². The van der Waals surface area contributed by atoms with Crippen LogP contribution in [-0.2, 0) is 11.3 Å². The number of hydrogen-bond acceptors (Lipinski definition) is 3. The van der Waals surface area contributed by atoms with Crippen molar-refractivity contribution in [1.82, 2.24) is 4.98 Å². The predicted molar refractivity (Wildman–Crippen MR) is 86.3 cm³/mol. The van der Waals surface area contributed by atoms with Crippen LogP contribution in [-0.4, -0.2) is 16.9 Å². The molecule has 0 saturated heterocycles. The lowest BCUT2D eigenvalue weighted by atomic mass is 9.77. The number of Topliss-reactive ketones (excluding diaryl/α,β-unsaturated/α-hetero) is 1. The fourth-order valence-electron chi connectivity index (χ4n) is 2.55. The first kappa shape index (κ1) is 15.5. The van der Waals surface area contributed by atoms with Crippen molar-refractivity contribution in [2.75, 3.05) is 0 Å². The molecule has 1 aromatic carbocycles. The van der Waals surface area contributed by atoms with E-state index in [0.29, 0.717) is 12.2 Å². The average molecular weight is 336 g/mol. The van der Waals surface area contributed by atoms with Crippen LogP contribution in [0.1, 0.15) is 28.8 Å². The van der Waals surface area contributed by atoms with E-state index in [2.05, 4.69) is 4.98 Å². The van der Waals surface area contributed by atoms with Gasteiger partial charge in [0, 0.05) is 11.5 Å². The minimum absolute atomic E-state index is 0.0182. The van der Waals surface area contributed by atoms with Crippen molar-refractivity contribution < 1.29 is 9.53 Å². The largest absolute Gasteiger partial charge is 0.373 e. The highest BCUT2D eigenvalue weighted by Gasteiger charge is 2.35. The fourth-order valence-corrected chi connectivity index (χ4v) is 3.01. The predicted octanol–water partition coefficient (Wildman–Crippen LogP) is 4.57. The van der Waals surface area contributed by atoms with Gasteiger partial charge in [-0.15, -0.1) is 0 Å². The van der Waals surface area contributed by atoms with Gasteiger partial charge in [-0.25, -0.2) is 4.98 Å².